The van der Waals surface area contributed by atoms with E-state index in [2.05, 4.69) is 19.1 Å². The van der Waals surface area contributed by atoms with Crippen molar-refractivity contribution < 1.29 is 14.7 Å². The number of aryl methyl sites for hydroxylation is 1. The molecule has 7 heteroatoms. The first-order chi connectivity index (χ1) is 15.0. The normalized spacial score (nSPS) is 15.0. The van der Waals surface area contributed by atoms with E-state index in [0.29, 0.717) is 22.2 Å². The van der Waals surface area contributed by atoms with Gasteiger partial charge in [-0.1, -0.05) is 73.4 Å². The van der Waals surface area contributed by atoms with E-state index in [0.717, 1.165) is 17.7 Å². The maximum atomic E-state index is 12.8. The van der Waals surface area contributed by atoms with Gasteiger partial charge in [0.15, 0.2) is 0 Å². The minimum Gasteiger partial charge on any atom is -0.395 e. The molecule has 1 heterocycles. The van der Waals surface area contributed by atoms with Gasteiger partial charge in [0, 0.05) is 25.2 Å². The highest BCUT2D eigenvalue weighted by Crippen LogP contribution is 2.32. The third-order valence-electron chi connectivity index (χ3n) is 5.02. The third-order valence-corrected chi connectivity index (χ3v) is 6.40. The minimum atomic E-state index is -0.114. The highest BCUT2D eigenvalue weighted by atomic mass is 32.2. The van der Waals surface area contributed by atoms with Crippen LogP contribution in [0.4, 0.5) is 5.69 Å². The molecule has 0 radical (unpaired) electrons. The number of hydrogen-bond donors (Lipinski definition) is 1. The summed E-state index contributed by atoms with van der Waals surface area (Å²) >= 11 is 6.70. The summed E-state index contributed by atoms with van der Waals surface area (Å²) in [5.74, 6) is -0.200. The summed E-state index contributed by atoms with van der Waals surface area (Å²) < 4.78 is 0.518. The second-order valence-corrected chi connectivity index (χ2v) is 8.81. The molecule has 162 valence electrons. The van der Waals surface area contributed by atoms with Crippen molar-refractivity contribution in [2.24, 2.45) is 0 Å². The molecule has 31 heavy (non-hydrogen) atoms. The van der Waals surface area contributed by atoms with Crippen LogP contribution < -0.4 is 4.90 Å². The predicted octanol–water partition coefficient (Wildman–Crippen LogP) is 4.26. The standard InChI is InChI=1S/C24H26N2O3S2/c1-2-18-10-12-19(13-11-18)17-21-23(29)26(24(30)31-21)14-6-9-22(28)25(15-16-27)20-7-4-3-5-8-20/h3-5,7-8,10-13,17,27H,2,6,9,14-16H2,1H3/b21-17-. The molecule has 0 aliphatic carbocycles. The monoisotopic (exact) mass is 454 g/mol. The molecular formula is C24H26N2O3S2. The Hall–Kier alpha value is -2.48. The summed E-state index contributed by atoms with van der Waals surface area (Å²) in [7, 11) is 0. The van der Waals surface area contributed by atoms with Gasteiger partial charge in [-0.3, -0.25) is 14.5 Å². The summed E-state index contributed by atoms with van der Waals surface area (Å²) in [6.45, 7) is 2.63. The van der Waals surface area contributed by atoms with Crippen LogP contribution in [0.1, 0.15) is 30.9 Å². The first-order valence-electron chi connectivity index (χ1n) is 10.3. The molecule has 0 saturated carbocycles. The van der Waals surface area contributed by atoms with Crippen molar-refractivity contribution >= 4 is 51.9 Å². The number of carbonyl (C=O) groups is 2. The Balaban J connectivity index is 1.58. The predicted molar refractivity (Wildman–Crippen MR) is 131 cm³/mol. The van der Waals surface area contributed by atoms with Crippen LogP contribution in [-0.2, 0) is 16.0 Å². The summed E-state index contributed by atoms with van der Waals surface area (Å²) in [5.41, 5.74) is 2.97. The van der Waals surface area contributed by atoms with Crippen molar-refractivity contribution in [3.05, 3.63) is 70.6 Å². The van der Waals surface area contributed by atoms with E-state index in [1.807, 2.05) is 48.5 Å². The number of rotatable bonds is 9. The van der Waals surface area contributed by atoms with E-state index in [-0.39, 0.29) is 31.4 Å². The molecule has 1 N–H and O–H groups in total. The Morgan fingerprint density at radius 2 is 1.87 bits per heavy atom. The molecule has 2 aromatic carbocycles. The molecular weight excluding hydrogens is 428 g/mol. The molecule has 0 bridgehead atoms. The van der Waals surface area contributed by atoms with Gasteiger partial charge in [-0.25, -0.2) is 0 Å². The van der Waals surface area contributed by atoms with Gasteiger partial charge in [0.05, 0.1) is 11.5 Å². The molecule has 0 aromatic heterocycles. The topological polar surface area (TPSA) is 60.9 Å². The number of carbonyl (C=O) groups excluding carboxylic acids is 2. The summed E-state index contributed by atoms with van der Waals surface area (Å²) in [4.78, 5) is 29.2. The molecule has 0 atom stereocenters. The van der Waals surface area contributed by atoms with Crippen LogP contribution >= 0.6 is 24.0 Å². The number of thioether (sulfide) groups is 1. The summed E-state index contributed by atoms with van der Waals surface area (Å²) in [5, 5.41) is 9.32. The van der Waals surface area contributed by atoms with Crippen LogP contribution in [0.15, 0.2) is 59.5 Å². The lowest BCUT2D eigenvalue weighted by Crippen LogP contribution is -2.35. The van der Waals surface area contributed by atoms with Gasteiger partial charge in [0.25, 0.3) is 5.91 Å². The zero-order valence-corrected chi connectivity index (χ0v) is 19.1. The van der Waals surface area contributed by atoms with Gasteiger partial charge < -0.3 is 10.0 Å². The number of nitrogens with zero attached hydrogens (tertiary/aromatic N) is 2. The van der Waals surface area contributed by atoms with E-state index >= 15 is 0 Å². The van der Waals surface area contributed by atoms with Gasteiger partial charge in [-0.05, 0) is 42.2 Å². The fraction of sp³-hybridized carbons (Fsp3) is 0.292. The number of aliphatic hydroxyl groups is 1. The number of benzene rings is 2. The highest BCUT2D eigenvalue weighted by Gasteiger charge is 2.31. The van der Waals surface area contributed by atoms with Crippen LogP contribution in [0.5, 0.6) is 0 Å². The van der Waals surface area contributed by atoms with Crippen molar-refractivity contribution in [1.82, 2.24) is 4.90 Å². The Kier molecular flexibility index (Phi) is 8.40. The van der Waals surface area contributed by atoms with Gasteiger partial charge in [-0.15, -0.1) is 0 Å². The Morgan fingerprint density at radius 1 is 1.16 bits per heavy atom. The third kappa shape index (κ3) is 6.03. The van der Waals surface area contributed by atoms with Crippen molar-refractivity contribution in [3.8, 4) is 0 Å². The number of amides is 2. The molecule has 2 amide bonds. The smallest absolute Gasteiger partial charge is 0.266 e. The van der Waals surface area contributed by atoms with Crippen LogP contribution in [0.3, 0.4) is 0 Å². The Bertz CT molecular complexity index is 959. The number of aliphatic hydroxyl groups excluding tert-OH is 1. The average Bonchev–Trinajstić information content (AvgIpc) is 3.05. The summed E-state index contributed by atoms with van der Waals surface area (Å²) in [6, 6.07) is 17.4. The lowest BCUT2D eigenvalue weighted by molar-refractivity contribution is -0.123. The highest BCUT2D eigenvalue weighted by molar-refractivity contribution is 8.26. The van der Waals surface area contributed by atoms with Gasteiger partial charge in [0.1, 0.15) is 4.32 Å². The molecule has 0 unspecified atom stereocenters. The second-order valence-electron chi connectivity index (χ2n) is 7.14. The van der Waals surface area contributed by atoms with Crippen LogP contribution in [0.25, 0.3) is 6.08 Å². The molecule has 1 aliphatic rings. The van der Waals surface area contributed by atoms with Crippen molar-refractivity contribution in [1.29, 1.82) is 0 Å². The summed E-state index contributed by atoms with van der Waals surface area (Å²) in [6.07, 6.45) is 3.60. The van der Waals surface area contributed by atoms with E-state index < -0.39 is 0 Å². The molecule has 3 rings (SSSR count). The average molecular weight is 455 g/mol. The van der Waals surface area contributed by atoms with Crippen LogP contribution in [0, 0.1) is 0 Å². The minimum absolute atomic E-state index is 0.0859. The fourth-order valence-corrected chi connectivity index (χ4v) is 4.63. The molecule has 1 aliphatic heterocycles. The SMILES string of the molecule is CCc1ccc(/C=C2\SC(=S)N(CCCC(=O)N(CCO)c3ccccc3)C2=O)cc1. The van der Waals surface area contributed by atoms with Crippen molar-refractivity contribution in [2.45, 2.75) is 26.2 Å². The fourth-order valence-electron chi connectivity index (χ4n) is 3.32. The number of para-hydroxylation sites is 1. The zero-order chi connectivity index (χ0) is 22.2. The molecule has 0 spiro atoms. The largest absolute Gasteiger partial charge is 0.395 e. The van der Waals surface area contributed by atoms with Crippen molar-refractivity contribution in [3.63, 3.8) is 0 Å². The molecule has 1 fully saturated rings. The second kappa shape index (κ2) is 11.2. The van der Waals surface area contributed by atoms with E-state index in [4.69, 9.17) is 12.2 Å². The molecule has 1 saturated heterocycles. The van der Waals surface area contributed by atoms with E-state index in [1.165, 1.54) is 17.3 Å². The van der Waals surface area contributed by atoms with Gasteiger partial charge in [-0.2, -0.15) is 0 Å². The zero-order valence-electron chi connectivity index (χ0n) is 17.5. The number of anilines is 1. The van der Waals surface area contributed by atoms with Crippen LogP contribution in [-0.4, -0.2) is 45.8 Å². The molecule has 2 aromatic rings. The van der Waals surface area contributed by atoms with Gasteiger partial charge in [0.2, 0.25) is 5.91 Å². The van der Waals surface area contributed by atoms with Crippen molar-refractivity contribution in [2.75, 3.05) is 24.6 Å². The Morgan fingerprint density at radius 3 is 2.52 bits per heavy atom. The van der Waals surface area contributed by atoms with Gasteiger partial charge >= 0.3 is 0 Å². The molecule has 5 nitrogen and oxygen atoms in total. The lowest BCUT2D eigenvalue weighted by atomic mass is 10.1. The Labute approximate surface area is 192 Å². The first-order valence-corrected chi connectivity index (χ1v) is 11.6. The van der Waals surface area contributed by atoms with E-state index in [9.17, 15) is 14.7 Å². The lowest BCUT2D eigenvalue weighted by Gasteiger charge is -2.22. The number of thiocarbonyl (C=S) groups is 1. The number of hydrogen-bond acceptors (Lipinski definition) is 5. The van der Waals surface area contributed by atoms with E-state index in [1.54, 1.807) is 9.80 Å². The van der Waals surface area contributed by atoms with Crippen LogP contribution in [0.2, 0.25) is 0 Å². The first kappa shape index (κ1) is 23.2. The quantitative estimate of drug-likeness (QED) is 0.453. The maximum absolute atomic E-state index is 12.8. The maximum Gasteiger partial charge on any atom is 0.266 e.